The van der Waals surface area contributed by atoms with Crippen LogP contribution >= 0.6 is 0 Å². The molecule has 82 heavy (non-hydrogen) atoms. The standard InChI is InChI=1S/C71H131NO10/c1-3-5-7-9-11-13-15-34-38-41-45-49-53-57-64(74)63(62-81-71-70(79)69(78)68(77)65(61-73)82-71)72-66(75)58-54-50-46-42-39-35-32-30-28-26-24-22-20-18-16-17-19-21-23-25-27-29-31-33-36-40-44-48-52-56-60-80-67(76)59-55-51-47-43-37-14-12-10-8-6-4-2/h11,13,17,19,38,41,53,57,63-65,68-71,73-74,77-79H,3-10,12,14-16,18,20-37,39-40,42-52,54-56,58-62H2,1-2H3,(H,72,75)/b13-11+,19-17-,41-38+,57-53+. The molecular weight excluding hydrogens is 1030 g/mol. The summed E-state index contributed by atoms with van der Waals surface area (Å²) in [5, 5.41) is 54.4. The molecular formula is C71H131NO10. The van der Waals surface area contributed by atoms with Crippen molar-refractivity contribution >= 4 is 11.9 Å². The van der Waals surface area contributed by atoms with Gasteiger partial charge in [-0.1, -0.05) is 281 Å². The number of rotatable bonds is 61. The fourth-order valence-corrected chi connectivity index (χ4v) is 10.9. The van der Waals surface area contributed by atoms with Gasteiger partial charge in [0, 0.05) is 12.8 Å². The Bertz CT molecular complexity index is 1500. The van der Waals surface area contributed by atoms with Gasteiger partial charge in [-0.25, -0.2) is 0 Å². The summed E-state index contributed by atoms with van der Waals surface area (Å²) in [4.78, 5) is 25.1. The number of aliphatic hydroxyl groups excluding tert-OH is 5. The molecule has 0 aromatic rings. The molecule has 1 heterocycles. The van der Waals surface area contributed by atoms with Gasteiger partial charge in [-0.2, -0.15) is 0 Å². The minimum Gasteiger partial charge on any atom is -0.466 e. The molecule has 1 aliphatic heterocycles. The Labute approximate surface area is 504 Å². The maximum Gasteiger partial charge on any atom is 0.305 e. The second-order valence-corrected chi connectivity index (χ2v) is 24.2. The molecule has 0 aliphatic carbocycles. The van der Waals surface area contributed by atoms with Crippen LogP contribution in [0.25, 0.3) is 0 Å². The van der Waals surface area contributed by atoms with E-state index in [0.717, 1.165) is 70.6 Å². The predicted octanol–water partition coefficient (Wildman–Crippen LogP) is 17.6. The van der Waals surface area contributed by atoms with Crippen molar-refractivity contribution in [2.75, 3.05) is 19.8 Å². The van der Waals surface area contributed by atoms with Crippen LogP contribution < -0.4 is 5.32 Å². The van der Waals surface area contributed by atoms with Gasteiger partial charge in [0.1, 0.15) is 24.4 Å². The van der Waals surface area contributed by atoms with Gasteiger partial charge >= 0.3 is 5.97 Å². The third-order valence-corrected chi connectivity index (χ3v) is 16.4. The maximum absolute atomic E-state index is 13.1. The highest BCUT2D eigenvalue weighted by molar-refractivity contribution is 5.76. The van der Waals surface area contributed by atoms with Crippen molar-refractivity contribution in [1.29, 1.82) is 0 Å². The molecule has 0 bridgehead atoms. The normalized spacial score (nSPS) is 18.5. The number of nitrogens with one attached hydrogen (secondary N) is 1. The van der Waals surface area contributed by atoms with E-state index in [1.807, 2.05) is 6.08 Å². The van der Waals surface area contributed by atoms with Crippen molar-refractivity contribution in [2.24, 2.45) is 0 Å². The molecule has 1 aliphatic rings. The van der Waals surface area contributed by atoms with E-state index in [1.165, 1.54) is 231 Å². The van der Waals surface area contributed by atoms with Gasteiger partial charge in [-0.3, -0.25) is 9.59 Å². The zero-order valence-electron chi connectivity index (χ0n) is 53.2. The molecule has 1 amide bonds. The Morgan fingerprint density at radius 3 is 1.23 bits per heavy atom. The topological polar surface area (TPSA) is 175 Å². The number of carbonyl (C=O) groups is 2. The van der Waals surface area contributed by atoms with Crippen LogP contribution in [-0.4, -0.2) is 100 Å². The zero-order chi connectivity index (χ0) is 59.5. The molecule has 0 saturated carbocycles. The van der Waals surface area contributed by atoms with E-state index in [0.29, 0.717) is 19.4 Å². The molecule has 0 radical (unpaired) electrons. The van der Waals surface area contributed by atoms with Gasteiger partial charge in [0.2, 0.25) is 5.91 Å². The summed E-state index contributed by atoms with van der Waals surface area (Å²) < 4.78 is 16.7. The molecule has 7 atom stereocenters. The molecule has 0 aromatic heterocycles. The lowest BCUT2D eigenvalue weighted by Gasteiger charge is -2.40. The third kappa shape index (κ3) is 48.8. The molecule has 11 heteroatoms. The molecule has 6 N–H and O–H groups in total. The lowest BCUT2D eigenvalue weighted by Crippen LogP contribution is -2.60. The Kier molecular flexibility index (Phi) is 57.1. The first-order valence-corrected chi connectivity index (χ1v) is 34.9. The largest absolute Gasteiger partial charge is 0.466 e. The Balaban J connectivity index is 1.99. The van der Waals surface area contributed by atoms with Gasteiger partial charge in [-0.05, 0) is 83.5 Å². The van der Waals surface area contributed by atoms with E-state index < -0.39 is 49.5 Å². The molecule has 11 nitrogen and oxygen atoms in total. The van der Waals surface area contributed by atoms with Gasteiger partial charge in [0.25, 0.3) is 0 Å². The molecule has 480 valence electrons. The SMILES string of the molecule is CCCCC/C=C/CC/C=C/CC/C=C/C(O)C(COC1OC(CO)C(O)C(O)C1O)NC(=O)CCCCCCCCCCCCCCCC/C=C\CCCCCCCCCCCCCCOC(=O)CCCCCCCCCCCCC. The number of hydrogen-bond acceptors (Lipinski definition) is 10. The first kappa shape index (κ1) is 77.6. The van der Waals surface area contributed by atoms with E-state index in [4.69, 9.17) is 14.2 Å². The maximum atomic E-state index is 13.1. The van der Waals surface area contributed by atoms with Crippen molar-refractivity contribution < 1.29 is 49.3 Å². The second-order valence-electron chi connectivity index (χ2n) is 24.2. The predicted molar refractivity (Wildman–Crippen MR) is 343 cm³/mol. The number of unbranched alkanes of at least 4 members (excludes halogenated alkanes) is 41. The Hall–Kier alpha value is -2.38. The van der Waals surface area contributed by atoms with Crippen LogP contribution in [0.2, 0.25) is 0 Å². The van der Waals surface area contributed by atoms with Crippen LogP contribution in [0.1, 0.15) is 328 Å². The van der Waals surface area contributed by atoms with Crippen LogP contribution in [0.5, 0.6) is 0 Å². The first-order valence-electron chi connectivity index (χ1n) is 34.9. The highest BCUT2D eigenvalue weighted by atomic mass is 16.7. The molecule has 7 unspecified atom stereocenters. The van der Waals surface area contributed by atoms with Crippen LogP contribution in [-0.2, 0) is 23.8 Å². The van der Waals surface area contributed by atoms with Crippen molar-refractivity contribution in [3.05, 3.63) is 48.6 Å². The summed E-state index contributed by atoms with van der Waals surface area (Å²) in [6, 6.07) is -0.834. The highest BCUT2D eigenvalue weighted by Crippen LogP contribution is 2.23. The summed E-state index contributed by atoms with van der Waals surface area (Å²) in [6.07, 6.45) is 68.2. The fraction of sp³-hybridized carbons (Fsp3) is 0.859. The van der Waals surface area contributed by atoms with Crippen molar-refractivity contribution in [3.8, 4) is 0 Å². The van der Waals surface area contributed by atoms with Crippen molar-refractivity contribution in [2.45, 2.75) is 371 Å². The van der Waals surface area contributed by atoms with E-state index in [-0.39, 0.29) is 18.5 Å². The van der Waals surface area contributed by atoms with Crippen LogP contribution in [0, 0.1) is 0 Å². The zero-order valence-corrected chi connectivity index (χ0v) is 53.2. The van der Waals surface area contributed by atoms with Crippen molar-refractivity contribution in [3.63, 3.8) is 0 Å². The minimum atomic E-state index is -1.58. The molecule has 1 fully saturated rings. The number of esters is 1. The third-order valence-electron chi connectivity index (χ3n) is 16.4. The minimum absolute atomic E-state index is 0.00805. The summed E-state index contributed by atoms with van der Waals surface area (Å²) in [7, 11) is 0. The van der Waals surface area contributed by atoms with Gasteiger partial charge in [0.15, 0.2) is 6.29 Å². The molecule has 0 spiro atoms. The number of amides is 1. The summed E-state index contributed by atoms with van der Waals surface area (Å²) in [5.74, 6) is -0.187. The van der Waals surface area contributed by atoms with Gasteiger partial charge in [0.05, 0.1) is 32.0 Å². The first-order chi connectivity index (χ1) is 40.2. The van der Waals surface area contributed by atoms with Crippen molar-refractivity contribution in [1.82, 2.24) is 5.32 Å². The van der Waals surface area contributed by atoms with E-state index in [2.05, 4.69) is 55.6 Å². The van der Waals surface area contributed by atoms with Crippen LogP contribution in [0.3, 0.4) is 0 Å². The summed E-state index contributed by atoms with van der Waals surface area (Å²) in [5.41, 5.74) is 0. The number of aliphatic hydroxyl groups is 5. The summed E-state index contributed by atoms with van der Waals surface area (Å²) in [6.45, 7) is 4.31. The monoisotopic (exact) mass is 1160 g/mol. The molecule has 1 saturated heterocycles. The number of ether oxygens (including phenoxy) is 3. The van der Waals surface area contributed by atoms with Crippen LogP contribution in [0.15, 0.2) is 48.6 Å². The number of carbonyl (C=O) groups excluding carboxylic acids is 2. The number of hydrogen-bond donors (Lipinski definition) is 6. The average molecular weight is 1160 g/mol. The van der Waals surface area contributed by atoms with Gasteiger partial charge in [-0.15, -0.1) is 0 Å². The average Bonchev–Trinajstić information content (AvgIpc) is 3.69. The highest BCUT2D eigenvalue weighted by Gasteiger charge is 2.44. The summed E-state index contributed by atoms with van der Waals surface area (Å²) >= 11 is 0. The molecule has 1 rings (SSSR count). The van der Waals surface area contributed by atoms with E-state index in [9.17, 15) is 35.1 Å². The van der Waals surface area contributed by atoms with E-state index >= 15 is 0 Å². The Morgan fingerprint density at radius 2 is 0.793 bits per heavy atom. The smallest absolute Gasteiger partial charge is 0.305 e. The molecule has 0 aromatic carbocycles. The van der Waals surface area contributed by atoms with E-state index in [1.54, 1.807) is 6.08 Å². The second kappa shape index (κ2) is 60.3. The van der Waals surface area contributed by atoms with Gasteiger partial charge < -0.3 is 45.1 Å². The fourth-order valence-electron chi connectivity index (χ4n) is 10.9. The lowest BCUT2D eigenvalue weighted by molar-refractivity contribution is -0.302. The Morgan fingerprint density at radius 1 is 0.439 bits per heavy atom. The number of allylic oxidation sites excluding steroid dienone is 7. The van der Waals surface area contributed by atoms with Crippen LogP contribution in [0.4, 0.5) is 0 Å². The quantitative estimate of drug-likeness (QED) is 0.0195. The lowest BCUT2D eigenvalue weighted by atomic mass is 9.99.